The number of rotatable bonds is 5. The van der Waals surface area contributed by atoms with Gasteiger partial charge in [0.2, 0.25) is 0 Å². The molecule has 0 saturated heterocycles. The number of fused-ring (bicyclic) bond motifs is 1. The highest BCUT2D eigenvalue weighted by molar-refractivity contribution is 6.30. The van der Waals surface area contributed by atoms with E-state index in [1.54, 1.807) is 25.1 Å². The van der Waals surface area contributed by atoms with Crippen molar-refractivity contribution in [1.82, 2.24) is 19.9 Å². The number of H-pyrrole nitrogens is 1. The molecule has 2 aromatic heterocycles. The van der Waals surface area contributed by atoms with Gasteiger partial charge in [-0.05, 0) is 36.6 Å². The third-order valence-electron chi connectivity index (χ3n) is 4.49. The molecule has 1 amide bonds. The SMILES string of the molecule is CCn1c(=O)[nH]c(=O)c2c(C(=O)NCc3ccc(Cl)cc3)cc(C(C)C)nc21. The number of aromatic nitrogens is 3. The quantitative estimate of drug-likeness (QED) is 0.688. The fourth-order valence-corrected chi connectivity index (χ4v) is 3.07. The highest BCUT2D eigenvalue weighted by Crippen LogP contribution is 2.20. The molecule has 0 spiro atoms. The van der Waals surface area contributed by atoms with Crippen molar-refractivity contribution < 1.29 is 4.79 Å². The molecule has 2 N–H and O–H groups in total. The molecule has 146 valence electrons. The summed E-state index contributed by atoms with van der Waals surface area (Å²) in [5.74, 6) is -0.386. The highest BCUT2D eigenvalue weighted by Gasteiger charge is 2.20. The summed E-state index contributed by atoms with van der Waals surface area (Å²) in [7, 11) is 0. The van der Waals surface area contributed by atoms with Crippen molar-refractivity contribution in [2.45, 2.75) is 39.8 Å². The zero-order chi connectivity index (χ0) is 20.4. The minimum Gasteiger partial charge on any atom is -0.348 e. The predicted octanol–water partition coefficient (Wildman–Crippen LogP) is 2.81. The van der Waals surface area contributed by atoms with Crippen LogP contribution >= 0.6 is 11.6 Å². The van der Waals surface area contributed by atoms with Crippen LogP contribution in [0.5, 0.6) is 0 Å². The van der Waals surface area contributed by atoms with Gasteiger partial charge >= 0.3 is 5.69 Å². The summed E-state index contributed by atoms with van der Waals surface area (Å²) in [5, 5.41) is 3.54. The molecule has 0 unspecified atom stereocenters. The van der Waals surface area contributed by atoms with Gasteiger partial charge in [-0.15, -0.1) is 0 Å². The molecule has 0 bridgehead atoms. The fourth-order valence-electron chi connectivity index (χ4n) is 2.94. The number of aromatic amines is 1. The van der Waals surface area contributed by atoms with Crippen LogP contribution in [-0.2, 0) is 13.1 Å². The summed E-state index contributed by atoms with van der Waals surface area (Å²) in [4.78, 5) is 44.3. The van der Waals surface area contributed by atoms with Gasteiger partial charge in [0.25, 0.3) is 11.5 Å². The minimum atomic E-state index is -0.621. The first kappa shape index (κ1) is 19.8. The van der Waals surface area contributed by atoms with Gasteiger partial charge in [-0.25, -0.2) is 9.78 Å². The number of nitrogens with zero attached hydrogens (tertiary/aromatic N) is 2. The summed E-state index contributed by atoms with van der Waals surface area (Å²) in [6.07, 6.45) is 0. The van der Waals surface area contributed by atoms with Gasteiger partial charge in [0.15, 0.2) is 5.65 Å². The lowest BCUT2D eigenvalue weighted by atomic mass is 10.0. The van der Waals surface area contributed by atoms with Crippen molar-refractivity contribution >= 4 is 28.5 Å². The van der Waals surface area contributed by atoms with Gasteiger partial charge < -0.3 is 5.32 Å². The van der Waals surface area contributed by atoms with Gasteiger partial charge in [0, 0.05) is 23.8 Å². The van der Waals surface area contributed by atoms with E-state index in [-0.39, 0.29) is 29.1 Å². The van der Waals surface area contributed by atoms with E-state index in [9.17, 15) is 14.4 Å². The van der Waals surface area contributed by atoms with E-state index in [2.05, 4.69) is 15.3 Å². The lowest BCUT2D eigenvalue weighted by Gasteiger charge is -2.14. The van der Waals surface area contributed by atoms with E-state index in [1.807, 2.05) is 26.0 Å². The lowest BCUT2D eigenvalue weighted by Crippen LogP contribution is -2.33. The molecule has 7 nitrogen and oxygen atoms in total. The van der Waals surface area contributed by atoms with Crippen molar-refractivity contribution in [1.29, 1.82) is 0 Å². The summed E-state index contributed by atoms with van der Waals surface area (Å²) >= 11 is 5.88. The van der Waals surface area contributed by atoms with E-state index < -0.39 is 17.2 Å². The van der Waals surface area contributed by atoms with Gasteiger partial charge in [-0.3, -0.25) is 19.1 Å². The number of benzene rings is 1. The molecule has 0 aliphatic carbocycles. The largest absolute Gasteiger partial charge is 0.348 e. The summed E-state index contributed by atoms with van der Waals surface area (Å²) in [6, 6.07) is 8.73. The van der Waals surface area contributed by atoms with Crippen molar-refractivity contribution in [2.75, 3.05) is 0 Å². The molecular formula is C20H21ClN4O3. The van der Waals surface area contributed by atoms with Crippen LogP contribution in [0.15, 0.2) is 39.9 Å². The number of halogens is 1. The Morgan fingerprint density at radius 3 is 2.54 bits per heavy atom. The normalized spacial score (nSPS) is 11.2. The first-order chi connectivity index (χ1) is 13.3. The maximum Gasteiger partial charge on any atom is 0.329 e. The molecule has 0 aliphatic rings. The summed E-state index contributed by atoms with van der Waals surface area (Å²) in [6.45, 7) is 6.26. The van der Waals surface area contributed by atoms with Gasteiger partial charge in [-0.1, -0.05) is 37.6 Å². The number of amides is 1. The number of pyridine rings is 1. The Labute approximate surface area is 166 Å². The van der Waals surface area contributed by atoms with Crippen LogP contribution in [0.1, 0.15) is 48.3 Å². The molecule has 1 aromatic carbocycles. The monoisotopic (exact) mass is 400 g/mol. The van der Waals surface area contributed by atoms with Gasteiger partial charge in [0.1, 0.15) is 0 Å². The molecule has 0 atom stereocenters. The molecule has 8 heteroatoms. The Hall–Kier alpha value is -2.93. The maximum atomic E-state index is 12.9. The Bertz CT molecular complexity index is 1150. The number of hydrogen-bond acceptors (Lipinski definition) is 4. The number of hydrogen-bond donors (Lipinski definition) is 2. The van der Waals surface area contributed by atoms with Gasteiger partial charge in [0.05, 0.1) is 10.9 Å². The third kappa shape index (κ3) is 3.84. The molecule has 0 saturated carbocycles. The molecule has 3 aromatic rings. The second kappa shape index (κ2) is 7.98. The van der Waals surface area contributed by atoms with Crippen LogP contribution in [0.25, 0.3) is 11.0 Å². The van der Waals surface area contributed by atoms with E-state index in [4.69, 9.17) is 11.6 Å². The fraction of sp³-hybridized carbons (Fsp3) is 0.300. The molecule has 2 heterocycles. The maximum absolute atomic E-state index is 12.9. The van der Waals surface area contributed by atoms with Crippen LogP contribution in [0.3, 0.4) is 0 Å². The van der Waals surface area contributed by atoms with Crippen LogP contribution in [-0.4, -0.2) is 20.4 Å². The number of carbonyl (C=O) groups excluding carboxylic acids is 1. The molecule has 0 fully saturated rings. The highest BCUT2D eigenvalue weighted by atomic mass is 35.5. The lowest BCUT2D eigenvalue weighted by molar-refractivity contribution is 0.0952. The Balaban J connectivity index is 2.10. The zero-order valence-corrected chi connectivity index (χ0v) is 16.6. The summed E-state index contributed by atoms with van der Waals surface area (Å²) in [5.41, 5.74) is 0.770. The predicted molar refractivity (Wildman–Crippen MR) is 109 cm³/mol. The smallest absolute Gasteiger partial charge is 0.329 e. The standard InChI is InChI=1S/C20H21ClN4O3/c1-4-25-17-16(19(27)24-20(25)28)14(9-15(23-17)11(2)3)18(26)22-10-12-5-7-13(21)8-6-12/h5-9,11H,4,10H2,1-3H3,(H,22,26)(H,24,27,28). The second-order valence-corrected chi connectivity index (χ2v) is 7.20. The van der Waals surface area contributed by atoms with Gasteiger partial charge in [-0.2, -0.15) is 0 Å². The molecule has 0 aliphatic heterocycles. The van der Waals surface area contributed by atoms with E-state index in [0.29, 0.717) is 17.3 Å². The molecular weight excluding hydrogens is 380 g/mol. The average Bonchev–Trinajstić information content (AvgIpc) is 2.66. The van der Waals surface area contributed by atoms with Crippen molar-refractivity contribution in [3.05, 3.63) is 73.0 Å². The van der Waals surface area contributed by atoms with E-state index >= 15 is 0 Å². The van der Waals surface area contributed by atoms with Crippen LogP contribution < -0.4 is 16.6 Å². The van der Waals surface area contributed by atoms with Crippen LogP contribution in [0.2, 0.25) is 5.02 Å². The summed E-state index contributed by atoms with van der Waals surface area (Å²) < 4.78 is 1.36. The first-order valence-electron chi connectivity index (χ1n) is 9.02. The Morgan fingerprint density at radius 1 is 1.25 bits per heavy atom. The molecule has 28 heavy (non-hydrogen) atoms. The van der Waals surface area contributed by atoms with Crippen LogP contribution in [0.4, 0.5) is 0 Å². The number of carbonyl (C=O) groups is 1. The molecule has 3 rings (SSSR count). The topological polar surface area (TPSA) is 96.9 Å². The van der Waals surface area contributed by atoms with Crippen molar-refractivity contribution in [2.24, 2.45) is 0 Å². The van der Waals surface area contributed by atoms with E-state index in [1.165, 1.54) is 4.57 Å². The number of aryl methyl sites for hydroxylation is 1. The van der Waals surface area contributed by atoms with E-state index in [0.717, 1.165) is 5.56 Å². The first-order valence-corrected chi connectivity index (χ1v) is 9.40. The Morgan fingerprint density at radius 2 is 1.93 bits per heavy atom. The van der Waals surface area contributed by atoms with Crippen LogP contribution in [0, 0.1) is 0 Å². The number of nitrogens with one attached hydrogen (secondary N) is 2. The second-order valence-electron chi connectivity index (χ2n) is 6.76. The zero-order valence-electron chi connectivity index (χ0n) is 15.9. The molecule has 0 radical (unpaired) electrons. The average molecular weight is 401 g/mol. The third-order valence-corrected chi connectivity index (χ3v) is 4.74. The van der Waals surface area contributed by atoms with Crippen molar-refractivity contribution in [3.8, 4) is 0 Å². The minimum absolute atomic E-state index is 0.0203. The Kier molecular flexibility index (Phi) is 5.65. The van der Waals surface area contributed by atoms with Crippen molar-refractivity contribution in [3.63, 3.8) is 0 Å².